The van der Waals surface area contributed by atoms with Crippen LogP contribution in [-0.2, 0) is 0 Å². The van der Waals surface area contributed by atoms with Crippen molar-refractivity contribution in [1.29, 1.82) is 0 Å². The number of fused-ring (bicyclic) bond motifs is 1. The highest BCUT2D eigenvalue weighted by molar-refractivity contribution is 7.11. The first-order valence-electron chi connectivity index (χ1n) is 6.58. The van der Waals surface area contributed by atoms with Crippen LogP contribution in [0.4, 0.5) is 5.00 Å². The number of hydrogen-bond acceptors (Lipinski definition) is 3. The largest absolute Gasteiger partial charge is 0.372 e. The Bertz CT molecular complexity index is 705. The Morgan fingerprint density at radius 2 is 1.79 bits per heavy atom. The molecule has 4 rings (SSSR count). The molecule has 94 valence electrons. The maximum Gasteiger partial charge on any atom is 0.117 e. The van der Waals surface area contributed by atoms with Crippen LogP contribution in [0.1, 0.15) is 17.9 Å². The van der Waals surface area contributed by atoms with Gasteiger partial charge in [0.1, 0.15) is 5.00 Å². The predicted molar refractivity (Wildman–Crippen MR) is 80.8 cm³/mol. The molecule has 1 aromatic heterocycles. The van der Waals surface area contributed by atoms with Gasteiger partial charge in [0.2, 0.25) is 0 Å². The Morgan fingerprint density at radius 3 is 2.68 bits per heavy atom. The van der Waals surface area contributed by atoms with E-state index in [1.54, 1.807) is 11.5 Å². The third-order valence-electron chi connectivity index (χ3n) is 3.72. The van der Waals surface area contributed by atoms with Crippen molar-refractivity contribution in [3.8, 4) is 0 Å². The number of aromatic nitrogens is 1. The minimum atomic E-state index is 0.561. The number of hydrogen-bond donors (Lipinski definition) is 1. The second-order valence-corrected chi connectivity index (χ2v) is 5.81. The maximum absolute atomic E-state index is 4.48. The number of nitrogens with zero attached hydrogens (tertiary/aromatic N) is 1. The van der Waals surface area contributed by atoms with Crippen molar-refractivity contribution in [3.05, 3.63) is 60.2 Å². The van der Waals surface area contributed by atoms with Crippen molar-refractivity contribution in [2.24, 2.45) is 0 Å². The van der Waals surface area contributed by atoms with Crippen LogP contribution in [0.15, 0.2) is 54.6 Å². The van der Waals surface area contributed by atoms with Crippen LogP contribution in [0, 0.1) is 0 Å². The van der Waals surface area contributed by atoms with Gasteiger partial charge in [0.25, 0.3) is 0 Å². The molecule has 19 heavy (non-hydrogen) atoms. The van der Waals surface area contributed by atoms with Gasteiger partial charge in [0.05, 0.1) is 5.52 Å². The van der Waals surface area contributed by atoms with E-state index in [4.69, 9.17) is 0 Å². The molecule has 0 saturated heterocycles. The zero-order chi connectivity index (χ0) is 12.7. The molecule has 1 aliphatic carbocycles. The fraction of sp³-hybridized carbons (Fsp3) is 0.188. The van der Waals surface area contributed by atoms with Gasteiger partial charge in [0.15, 0.2) is 0 Å². The van der Waals surface area contributed by atoms with Crippen LogP contribution in [0.2, 0.25) is 0 Å². The van der Waals surface area contributed by atoms with Crippen LogP contribution >= 0.6 is 11.5 Å². The van der Waals surface area contributed by atoms with E-state index in [0.29, 0.717) is 12.0 Å². The Labute approximate surface area is 116 Å². The van der Waals surface area contributed by atoms with E-state index < -0.39 is 0 Å². The van der Waals surface area contributed by atoms with Crippen molar-refractivity contribution in [1.82, 2.24) is 4.37 Å². The molecule has 0 bridgehead atoms. The molecule has 1 aliphatic rings. The van der Waals surface area contributed by atoms with Gasteiger partial charge in [-0.1, -0.05) is 42.5 Å². The Balaban J connectivity index is 1.55. The average Bonchev–Trinajstić information content (AvgIpc) is 3.13. The molecule has 1 heterocycles. The van der Waals surface area contributed by atoms with Gasteiger partial charge in [-0.3, -0.25) is 0 Å². The van der Waals surface area contributed by atoms with Crippen LogP contribution < -0.4 is 5.32 Å². The van der Waals surface area contributed by atoms with E-state index >= 15 is 0 Å². The van der Waals surface area contributed by atoms with Gasteiger partial charge in [-0.05, 0) is 35.6 Å². The molecule has 0 aliphatic heterocycles. The molecule has 1 saturated carbocycles. The highest BCUT2D eigenvalue weighted by atomic mass is 32.1. The normalized spacial score (nSPS) is 21.5. The highest BCUT2D eigenvalue weighted by Crippen LogP contribution is 2.44. The van der Waals surface area contributed by atoms with E-state index in [1.165, 1.54) is 22.4 Å². The lowest BCUT2D eigenvalue weighted by molar-refractivity contribution is 1.05. The Hall–Kier alpha value is -1.87. The first-order chi connectivity index (χ1) is 9.42. The summed E-state index contributed by atoms with van der Waals surface area (Å²) in [6, 6.07) is 19.6. The SMILES string of the molecule is c1ccc(C2CC2Nc2snc3ccccc23)cc1. The van der Waals surface area contributed by atoms with Gasteiger partial charge in [-0.25, -0.2) is 0 Å². The summed E-state index contributed by atoms with van der Waals surface area (Å²) in [5.41, 5.74) is 2.53. The van der Waals surface area contributed by atoms with Gasteiger partial charge >= 0.3 is 0 Å². The van der Waals surface area contributed by atoms with Gasteiger partial charge in [-0.2, -0.15) is 4.37 Å². The first-order valence-corrected chi connectivity index (χ1v) is 7.35. The van der Waals surface area contributed by atoms with E-state index in [2.05, 4.69) is 58.2 Å². The summed E-state index contributed by atoms with van der Waals surface area (Å²) >= 11 is 1.57. The van der Waals surface area contributed by atoms with Crippen molar-refractivity contribution in [2.45, 2.75) is 18.4 Å². The lowest BCUT2D eigenvalue weighted by atomic mass is 10.1. The van der Waals surface area contributed by atoms with Crippen molar-refractivity contribution in [2.75, 3.05) is 5.32 Å². The summed E-state index contributed by atoms with van der Waals surface area (Å²) in [7, 11) is 0. The summed E-state index contributed by atoms with van der Waals surface area (Å²) in [6.45, 7) is 0. The minimum absolute atomic E-state index is 0.561. The van der Waals surface area contributed by atoms with Gasteiger partial charge in [-0.15, -0.1) is 0 Å². The van der Waals surface area contributed by atoms with Crippen LogP contribution in [0.25, 0.3) is 10.9 Å². The molecule has 0 radical (unpaired) electrons. The summed E-state index contributed by atoms with van der Waals surface area (Å²) in [4.78, 5) is 0. The second kappa shape index (κ2) is 4.35. The first kappa shape index (κ1) is 11.0. The summed E-state index contributed by atoms with van der Waals surface area (Å²) < 4.78 is 4.48. The highest BCUT2D eigenvalue weighted by Gasteiger charge is 2.38. The lowest BCUT2D eigenvalue weighted by Crippen LogP contribution is -2.02. The molecule has 0 spiro atoms. The molecular formula is C16H14N2S. The van der Waals surface area contributed by atoms with Crippen LogP contribution in [-0.4, -0.2) is 10.4 Å². The zero-order valence-corrected chi connectivity index (χ0v) is 11.2. The number of anilines is 1. The molecular weight excluding hydrogens is 252 g/mol. The molecule has 2 unspecified atom stereocenters. The van der Waals surface area contributed by atoms with Crippen LogP contribution in [0.3, 0.4) is 0 Å². The van der Waals surface area contributed by atoms with Crippen molar-refractivity contribution in [3.63, 3.8) is 0 Å². The molecule has 1 N–H and O–H groups in total. The molecule has 0 amide bonds. The number of rotatable bonds is 3. The number of benzene rings is 2. The standard InChI is InChI=1S/C16H14N2S/c1-2-6-11(7-3-1)13-10-15(13)17-16-12-8-4-5-9-14(12)18-19-16/h1-9,13,15,17H,10H2. The fourth-order valence-electron chi connectivity index (χ4n) is 2.58. The molecule has 2 nitrogen and oxygen atoms in total. The summed E-state index contributed by atoms with van der Waals surface area (Å²) in [5.74, 6) is 0.655. The zero-order valence-electron chi connectivity index (χ0n) is 10.4. The van der Waals surface area contributed by atoms with Gasteiger partial charge in [0, 0.05) is 17.3 Å². The Kier molecular flexibility index (Phi) is 2.52. The van der Waals surface area contributed by atoms with E-state index in [1.807, 2.05) is 6.07 Å². The summed E-state index contributed by atoms with van der Waals surface area (Å²) in [5, 5.41) is 6.09. The van der Waals surface area contributed by atoms with E-state index in [9.17, 15) is 0 Å². The number of nitrogens with one attached hydrogen (secondary N) is 1. The third kappa shape index (κ3) is 2.00. The lowest BCUT2D eigenvalue weighted by Gasteiger charge is -2.03. The van der Waals surface area contributed by atoms with E-state index in [0.717, 1.165) is 5.52 Å². The molecule has 3 heteroatoms. The quantitative estimate of drug-likeness (QED) is 0.766. The molecule has 3 aromatic rings. The predicted octanol–water partition coefficient (Wildman–Crippen LogP) is 4.26. The Morgan fingerprint density at radius 1 is 1.00 bits per heavy atom. The maximum atomic E-state index is 4.48. The topological polar surface area (TPSA) is 24.9 Å². The summed E-state index contributed by atoms with van der Waals surface area (Å²) in [6.07, 6.45) is 1.22. The monoisotopic (exact) mass is 266 g/mol. The minimum Gasteiger partial charge on any atom is -0.372 e. The van der Waals surface area contributed by atoms with Crippen molar-refractivity contribution >= 4 is 27.4 Å². The second-order valence-electron chi connectivity index (χ2n) is 5.03. The van der Waals surface area contributed by atoms with Gasteiger partial charge < -0.3 is 5.32 Å². The van der Waals surface area contributed by atoms with E-state index in [-0.39, 0.29) is 0 Å². The van der Waals surface area contributed by atoms with Crippen LogP contribution in [0.5, 0.6) is 0 Å². The smallest absolute Gasteiger partial charge is 0.117 e. The average molecular weight is 266 g/mol. The molecule has 2 atom stereocenters. The molecule has 2 aromatic carbocycles. The molecule has 1 fully saturated rings. The van der Waals surface area contributed by atoms with Crippen molar-refractivity contribution < 1.29 is 0 Å². The fourth-order valence-corrected chi connectivity index (χ4v) is 3.41. The third-order valence-corrected chi connectivity index (χ3v) is 4.53.